The van der Waals surface area contributed by atoms with Crippen LogP contribution in [0.2, 0.25) is 0 Å². The van der Waals surface area contributed by atoms with Gasteiger partial charge in [-0.25, -0.2) is 0 Å². The summed E-state index contributed by atoms with van der Waals surface area (Å²) in [4.78, 5) is 28.4. The maximum atomic E-state index is 11.3. The average Bonchev–Trinajstić information content (AvgIpc) is 2.83. The molecule has 0 saturated carbocycles. The predicted octanol–water partition coefficient (Wildman–Crippen LogP) is 5.27. The van der Waals surface area contributed by atoms with Crippen molar-refractivity contribution < 1.29 is 5.11 Å². The number of benzene rings is 1. The van der Waals surface area contributed by atoms with Gasteiger partial charge in [-0.2, -0.15) is 4.91 Å². The van der Waals surface area contributed by atoms with Gasteiger partial charge in [-0.05, 0) is 67.6 Å². The molecule has 0 aliphatic carbocycles. The van der Waals surface area contributed by atoms with E-state index >= 15 is 0 Å². The van der Waals surface area contributed by atoms with E-state index in [2.05, 4.69) is 32.1 Å². The van der Waals surface area contributed by atoms with E-state index < -0.39 is 0 Å². The second-order valence-electron chi connectivity index (χ2n) is 8.17. The van der Waals surface area contributed by atoms with E-state index in [0.717, 1.165) is 68.6 Å². The molecule has 32 heavy (non-hydrogen) atoms. The number of nitrogens with one attached hydrogen (secondary N) is 1. The van der Waals surface area contributed by atoms with Crippen LogP contribution in [0.3, 0.4) is 0 Å². The lowest BCUT2D eigenvalue weighted by molar-refractivity contribution is 0.0805. The van der Waals surface area contributed by atoms with Gasteiger partial charge in [0.05, 0.1) is 18.3 Å². The first kappa shape index (κ1) is 25.5. The molecule has 0 bridgehead atoms. The quantitative estimate of drug-likeness (QED) is 0.232. The largest absolute Gasteiger partial charge is 0.395 e. The molecule has 1 heterocycles. The second-order valence-corrected chi connectivity index (χ2v) is 8.17. The zero-order valence-corrected chi connectivity index (χ0v) is 18.9. The summed E-state index contributed by atoms with van der Waals surface area (Å²) in [5, 5.41) is 19.2. The zero-order valence-electron chi connectivity index (χ0n) is 18.9. The summed E-state index contributed by atoms with van der Waals surface area (Å²) in [6.07, 6.45) is 10.6. The molecule has 1 saturated heterocycles. The molecule has 1 fully saturated rings. The molecule has 8 nitrogen and oxygen atoms in total. The van der Waals surface area contributed by atoms with E-state index in [-0.39, 0.29) is 18.7 Å². The van der Waals surface area contributed by atoms with Gasteiger partial charge in [0.2, 0.25) is 0 Å². The number of aliphatic imine (C=N–C) groups is 1. The summed E-state index contributed by atoms with van der Waals surface area (Å²) in [5.41, 5.74) is 2.98. The molecule has 0 amide bonds. The smallest absolute Gasteiger partial charge is 0.131 e. The number of hydrogen-bond acceptors (Lipinski definition) is 8. The monoisotopic (exact) mass is 441 g/mol. The van der Waals surface area contributed by atoms with Crippen LogP contribution in [0.1, 0.15) is 51.0 Å². The lowest BCUT2D eigenvalue weighted by atomic mass is 9.98. The third-order valence-corrected chi connectivity index (χ3v) is 5.87. The lowest BCUT2D eigenvalue weighted by Crippen LogP contribution is -2.46. The van der Waals surface area contributed by atoms with Gasteiger partial charge in [0.25, 0.3) is 0 Å². The highest BCUT2D eigenvalue weighted by Gasteiger charge is 2.27. The summed E-state index contributed by atoms with van der Waals surface area (Å²) >= 11 is 0. The van der Waals surface area contributed by atoms with E-state index in [0.29, 0.717) is 12.1 Å². The maximum Gasteiger partial charge on any atom is 0.131 e. The minimum atomic E-state index is -0.153. The molecule has 174 valence electrons. The predicted molar refractivity (Wildman–Crippen MR) is 132 cm³/mol. The van der Waals surface area contributed by atoms with Gasteiger partial charge >= 0.3 is 0 Å². The van der Waals surface area contributed by atoms with Crippen LogP contribution in [0.15, 0.2) is 52.4 Å². The third-order valence-electron chi connectivity index (χ3n) is 5.87. The minimum Gasteiger partial charge on any atom is -0.395 e. The molecular formula is C24H35N5O3. The number of nitrogens with zero attached hydrogens (tertiary/aromatic N) is 4. The summed E-state index contributed by atoms with van der Waals surface area (Å²) < 4.78 is 0. The molecular weight excluding hydrogens is 406 g/mol. The van der Waals surface area contributed by atoms with Gasteiger partial charge in [-0.15, -0.1) is 4.91 Å². The van der Waals surface area contributed by atoms with E-state index in [1.165, 1.54) is 0 Å². The molecule has 2 N–H and O–H groups in total. The standard InChI is InChI=1S/C24H35N5O3/c1-3-11-25-17-19(2)20-8-9-23(24(15-20)28-32)26-12-6-4-5-7-13-29-14-10-21(27-31)16-22(29)18-30/h3,8-9,11,15,17,21-22,26,30H,1,4-7,10,12-14,16,18H2,2H3/b19-17+,25-11?/t21?,22-/m0/s1. The highest BCUT2D eigenvalue weighted by molar-refractivity contribution is 5.76. The Morgan fingerprint density at radius 1 is 1.28 bits per heavy atom. The van der Waals surface area contributed by atoms with Crippen molar-refractivity contribution in [3.8, 4) is 0 Å². The molecule has 8 heteroatoms. The number of nitroso groups, excluding NO2 is 2. The molecule has 0 radical (unpaired) electrons. The van der Waals surface area contributed by atoms with Crippen molar-refractivity contribution in [2.45, 2.75) is 57.5 Å². The van der Waals surface area contributed by atoms with Crippen LogP contribution < -0.4 is 5.32 Å². The Bertz CT molecular complexity index is 809. The van der Waals surface area contributed by atoms with Gasteiger partial charge in [0, 0.05) is 31.5 Å². The van der Waals surface area contributed by atoms with Gasteiger partial charge in [-0.1, -0.05) is 36.7 Å². The average molecular weight is 442 g/mol. The van der Waals surface area contributed by atoms with Crippen LogP contribution in [0, 0.1) is 9.81 Å². The van der Waals surface area contributed by atoms with Crippen LogP contribution in [0.25, 0.3) is 5.57 Å². The Morgan fingerprint density at radius 3 is 2.81 bits per heavy atom. The van der Waals surface area contributed by atoms with Gasteiger partial charge in [0.1, 0.15) is 5.69 Å². The van der Waals surface area contributed by atoms with E-state index in [4.69, 9.17) is 0 Å². The fourth-order valence-electron chi connectivity index (χ4n) is 3.97. The topological polar surface area (TPSA) is 107 Å². The Hall–Kier alpha value is -2.71. The molecule has 0 spiro atoms. The third kappa shape index (κ3) is 8.09. The van der Waals surface area contributed by atoms with Gasteiger partial charge in [-0.3, -0.25) is 9.89 Å². The Labute approximate surface area is 190 Å². The Morgan fingerprint density at radius 2 is 2.09 bits per heavy atom. The number of aliphatic hydroxyl groups excluding tert-OH is 1. The first-order valence-corrected chi connectivity index (χ1v) is 11.3. The van der Waals surface area contributed by atoms with Gasteiger partial charge < -0.3 is 10.4 Å². The van der Waals surface area contributed by atoms with Crippen molar-refractivity contribution in [3.05, 3.63) is 52.4 Å². The molecule has 1 unspecified atom stereocenters. The van der Waals surface area contributed by atoms with Gasteiger partial charge in [0.15, 0.2) is 0 Å². The molecule has 2 rings (SSSR count). The number of rotatable bonds is 14. The van der Waals surface area contributed by atoms with Crippen LogP contribution in [0.4, 0.5) is 11.4 Å². The van der Waals surface area contributed by atoms with E-state index in [1.54, 1.807) is 24.6 Å². The van der Waals surface area contributed by atoms with Crippen LogP contribution in [-0.2, 0) is 0 Å². The molecule has 1 aliphatic rings. The van der Waals surface area contributed by atoms with Crippen LogP contribution in [0.5, 0.6) is 0 Å². The van der Waals surface area contributed by atoms with Crippen molar-refractivity contribution in [2.75, 3.05) is 31.6 Å². The fraction of sp³-hybridized carbons (Fsp3) is 0.542. The Balaban J connectivity index is 1.71. The maximum absolute atomic E-state index is 11.3. The van der Waals surface area contributed by atoms with Crippen LogP contribution in [-0.4, -0.2) is 54.5 Å². The normalized spacial score (nSPS) is 19.8. The summed E-state index contributed by atoms with van der Waals surface area (Å²) in [7, 11) is 0. The summed E-state index contributed by atoms with van der Waals surface area (Å²) in [6.45, 7) is 8.14. The zero-order chi connectivity index (χ0) is 23.2. The number of piperidine rings is 1. The summed E-state index contributed by atoms with van der Waals surface area (Å²) in [5.74, 6) is 0. The van der Waals surface area contributed by atoms with Crippen molar-refractivity contribution in [1.82, 2.24) is 4.90 Å². The molecule has 2 atom stereocenters. The molecule has 1 aromatic rings. The summed E-state index contributed by atoms with van der Waals surface area (Å²) in [6, 6.07) is 5.50. The van der Waals surface area contributed by atoms with E-state index in [9.17, 15) is 14.9 Å². The SMILES string of the molecule is C=CC=N/C=C(\C)c1ccc(NCCCCCCN2CCC(N=O)C[C@H]2CO)c(N=O)c1. The van der Waals surface area contributed by atoms with Crippen molar-refractivity contribution in [1.29, 1.82) is 0 Å². The highest BCUT2D eigenvalue weighted by Crippen LogP contribution is 2.29. The fourth-order valence-corrected chi connectivity index (χ4v) is 3.97. The number of aliphatic hydroxyl groups is 1. The number of likely N-dealkylation sites (tertiary alicyclic amines) is 1. The minimum absolute atomic E-state index is 0.0534. The number of unbranched alkanes of at least 4 members (excludes halogenated alkanes) is 3. The van der Waals surface area contributed by atoms with Crippen LogP contribution >= 0.6 is 0 Å². The first-order chi connectivity index (χ1) is 15.6. The first-order valence-electron chi connectivity index (χ1n) is 11.3. The molecule has 0 aromatic heterocycles. The van der Waals surface area contributed by atoms with E-state index in [1.807, 2.05) is 19.1 Å². The number of allylic oxidation sites excluding steroid dienone is 2. The lowest BCUT2D eigenvalue weighted by Gasteiger charge is -2.36. The van der Waals surface area contributed by atoms with Crippen molar-refractivity contribution >= 4 is 23.2 Å². The Kier molecular flexibility index (Phi) is 11.5. The number of anilines is 1. The second kappa shape index (κ2) is 14.4. The van der Waals surface area contributed by atoms with Crippen molar-refractivity contribution in [2.24, 2.45) is 15.3 Å². The number of hydrogen-bond donors (Lipinski definition) is 2. The highest BCUT2D eigenvalue weighted by atomic mass is 16.3. The molecule has 1 aliphatic heterocycles. The molecule has 1 aromatic carbocycles. The van der Waals surface area contributed by atoms with Crippen molar-refractivity contribution in [3.63, 3.8) is 0 Å².